The minimum absolute atomic E-state index is 0.465. The Hall–Kier alpha value is -1.59. The number of nitrogens with zero attached hydrogens (tertiary/aromatic N) is 3. The van der Waals surface area contributed by atoms with Crippen LogP contribution in [0.2, 0.25) is 0 Å². The number of hydrogen-bond acceptors (Lipinski definition) is 3. The topological polar surface area (TPSA) is 34.3 Å². The van der Waals surface area contributed by atoms with Crippen molar-refractivity contribution < 1.29 is 0 Å². The molecule has 0 aliphatic carbocycles. The van der Waals surface area contributed by atoms with Crippen molar-refractivity contribution >= 4 is 16.3 Å². The van der Waals surface area contributed by atoms with Gasteiger partial charge < -0.3 is 9.88 Å². The Balaban J connectivity index is 1.73. The van der Waals surface area contributed by atoms with Crippen molar-refractivity contribution in [2.24, 2.45) is 0 Å². The van der Waals surface area contributed by atoms with Gasteiger partial charge in [0.05, 0.1) is 12.2 Å². The fourth-order valence-electron chi connectivity index (χ4n) is 2.72. The number of thiazole rings is 1. The molecule has 0 radical (unpaired) electrons. The van der Waals surface area contributed by atoms with E-state index in [1.807, 2.05) is 0 Å². The highest BCUT2D eigenvalue weighted by molar-refractivity contribution is 7.15. The van der Waals surface area contributed by atoms with Crippen LogP contribution >= 0.6 is 11.3 Å². The van der Waals surface area contributed by atoms with Gasteiger partial charge in [0.25, 0.3) is 0 Å². The number of imidazole rings is 1. The number of aromatic nitrogens is 3. The monoisotopic (exact) mass is 302 g/mol. The largest absolute Gasteiger partial charge is 0.348 e. The van der Waals surface area contributed by atoms with Crippen LogP contribution in [0.4, 0.5) is 0 Å². The molecular weight excluding hydrogens is 280 g/mol. The van der Waals surface area contributed by atoms with Crippen LogP contribution in [0.1, 0.15) is 44.0 Å². The van der Waals surface area contributed by atoms with Crippen molar-refractivity contribution in [2.75, 3.05) is 6.54 Å². The van der Waals surface area contributed by atoms with Crippen LogP contribution in [0.25, 0.3) is 4.96 Å². The smallest absolute Gasteiger partial charge is 0.193 e. The van der Waals surface area contributed by atoms with Gasteiger partial charge in [0.2, 0.25) is 0 Å². The van der Waals surface area contributed by atoms with E-state index < -0.39 is 0 Å². The minimum Gasteiger partial charge on any atom is -0.348 e. The Labute approximate surface area is 129 Å². The first kappa shape index (κ1) is 14.4. The van der Waals surface area contributed by atoms with E-state index in [0.717, 1.165) is 23.7 Å². The maximum absolute atomic E-state index is 4.64. The molecule has 0 fully saturated rings. The molecule has 0 saturated carbocycles. The van der Waals surface area contributed by atoms with E-state index in [2.05, 4.69) is 69.3 Å². The van der Waals surface area contributed by atoms with Gasteiger partial charge >= 0.3 is 0 Å². The molecule has 1 unspecified atom stereocenters. The SMILES string of the molecule is CCCC(NCC)c1ccn(Cc2cn3ccsc3n2)c1. The average molecular weight is 302 g/mol. The molecule has 3 heterocycles. The van der Waals surface area contributed by atoms with E-state index in [1.165, 1.54) is 18.4 Å². The Kier molecular flexibility index (Phi) is 4.41. The van der Waals surface area contributed by atoms with Crippen molar-refractivity contribution in [3.05, 3.63) is 47.5 Å². The molecule has 0 amide bonds. The molecule has 0 bridgehead atoms. The summed E-state index contributed by atoms with van der Waals surface area (Å²) in [5.41, 5.74) is 2.49. The van der Waals surface area contributed by atoms with Gasteiger partial charge in [-0.25, -0.2) is 4.98 Å². The summed E-state index contributed by atoms with van der Waals surface area (Å²) in [4.78, 5) is 5.70. The summed E-state index contributed by atoms with van der Waals surface area (Å²) >= 11 is 1.67. The lowest BCUT2D eigenvalue weighted by Gasteiger charge is -2.15. The molecule has 0 aliphatic heterocycles. The Bertz CT molecular complexity index is 659. The van der Waals surface area contributed by atoms with E-state index in [0.29, 0.717) is 6.04 Å². The maximum atomic E-state index is 4.64. The molecule has 1 atom stereocenters. The quantitative estimate of drug-likeness (QED) is 0.722. The predicted molar refractivity (Wildman–Crippen MR) is 87.9 cm³/mol. The fourth-order valence-corrected chi connectivity index (χ4v) is 3.44. The number of nitrogens with one attached hydrogen (secondary N) is 1. The second-order valence-corrected chi connectivity index (χ2v) is 6.21. The van der Waals surface area contributed by atoms with E-state index >= 15 is 0 Å². The molecule has 0 aliphatic rings. The summed E-state index contributed by atoms with van der Waals surface area (Å²) in [6.07, 6.45) is 10.9. The second-order valence-electron chi connectivity index (χ2n) is 5.34. The van der Waals surface area contributed by atoms with Crippen molar-refractivity contribution in [1.82, 2.24) is 19.3 Å². The van der Waals surface area contributed by atoms with Crippen LogP contribution in [0, 0.1) is 0 Å². The van der Waals surface area contributed by atoms with Crippen LogP contribution in [0.3, 0.4) is 0 Å². The van der Waals surface area contributed by atoms with Gasteiger partial charge in [-0.05, 0) is 24.6 Å². The fraction of sp³-hybridized carbons (Fsp3) is 0.438. The lowest BCUT2D eigenvalue weighted by Crippen LogP contribution is -2.20. The van der Waals surface area contributed by atoms with Gasteiger partial charge in [-0.3, -0.25) is 4.40 Å². The van der Waals surface area contributed by atoms with E-state index in [4.69, 9.17) is 0 Å². The van der Waals surface area contributed by atoms with Crippen LogP contribution in [0.15, 0.2) is 36.2 Å². The first-order chi connectivity index (χ1) is 10.3. The zero-order chi connectivity index (χ0) is 14.7. The molecule has 0 aromatic carbocycles. The van der Waals surface area contributed by atoms with Crippen LogP contribution in [-0.4, -0.2) is 20.5 Å². The molecule has 4 nitrogen and oxygen atoms in total. The predicted octanol–water partition coefficient (Wildman–Crippen LogP) is 3.70. The van der Waals surface area contributed by atoms with Crippen LogP contribution in [-0.2, 0) is 6.54 Å². The van der Waals surface area contributed by atoms with E-state index in [9.17, 15) is 0 Å². The maximum Gasteiger partial charge on any atom is 0.193 e. The highest BCUT2D eigenvalue weighted by Gasteiger charge is 2.11. The van der Waals surface area contributed by atoms with Crippen molar-refractivity contribution in [1.29, 1.82) is 0 Å². The van der Waals surface area contributed by atoms with Gasteiger partial charge in [-0.1, -0.05) is 20.3 Å². The van der Waals surface area contributed by atoms with Crippen molar-refractivity contribution in [2.45, 2.75) is 39.3 Å². The summed E-state index contributed by atoms with van der Waals surface area (Å²) < 4.78 is 4.31. The van der Waals surface area contributed by atoms with Crippen molar-refractivity contribution in [3.63, 3.8) is 0 Å². The normalized spacial score (nSPS) is 13.0. The number of fused-ring (bicyclic) bond motifs is 1. The lowest BCUT2D eigenvalue weighted by molar-refractivity contribution is 0.508. The van der Waals surface area contributed by atoms with Gasteiger partial charge in [0, 0.05) is 36.2 Å². The molecule has 3 aromatic heterocycles. The molecule has 5 heteroatoms. The van der Waals surface area contributed by atoms with Crippen LogP contribution < -0.4 is 5.32 Å². The van der Waals surface area contributed by atoms with Crippen molar-refractivity contribution in [3.8, 4) is 0 Å². The molecule has 1 N–H and O–H groups in total. The third-order valence-electron chi connectivity index (χ3n) is 3.69. The molecule has 0 spiro atoms. The third-order valence-corrected chi connectivity index (χ3v) is 4.46. The zero-order valence-electron chi connectivity index (χ0n) is 12.6. The Morgan fingerprint density at radius 1 is 1.29 bits per heavy atom. The van der Waals surface area contributed by atoms with E-state index in [-0.39, 0.29) is 0 Å². The van der Waals surface area contributed by atoms with Gasteiger partial charge in [0.1, 0.15) is 0 Å². The Morgan fingerprint density at radius 2 is 2.19 bits per heavy atom. The zero-order valence-corrected chi connectivity index (χ0v) is 13.4. The summed E-state index contributed by atoms with van der Waals surface area (Å²) in [5, 5.41) is 5.62. The summed E-state index contributed by atoms with van der Waals surface area (Å²) in [7, 11) is 0. The third kappa shape index (κ3) is 3.19. The molecule has 0 saturated heterocycles. The highest BCUT2D eigenvalue weighted by atomic mass is 32.1. The molecule has 3 aromatic rings. The van der Waals surface area contributed by atoms with Crippen LogP contribution in [0.5, 0.6) is 0 Å². The molecular formula is C16H22N4S. The average Bonchev–Trinajstić information content (AvgIpc) is 3.14. The number of hydrogen-bond donors (Lipinski definition) is 1. The molecule has 21 heavy (non-hydrogen) atoms. The molecule has 3 rings (SSSR count). The van der Waals surface area contributed by atoms with Gasteiger partial charge in [-0.2, -0.15) is 0 Å². The highest BCUT2D eigenvalue weighted by Crippen LogP contribution is 2.19. The number of rotatable bonds is 7. The summed E-state index contributed by atoms with van der Waals surface area (Å²) in [6.45, 7) is 6.24. The lowest BCUT2D eigenvalue weighted by atomic mass is 10.1. The molecule has 112 valence electrons. The van der Waals surface area contributed by atoms with E-state index in [1.54, 1.807) is 11.3 Å². The Morgan fingerprint density at radius 3 is 2.95 bits per heavy atom. The summed E-state index contributed by atoms with van der Waals surface area (Å²) in [5.74, 6) is 0. The van der Waals surface area contributed by atoms with Gasteiger partial charge in [-0.15, -0.1) is 11.3 Å². The first-order valence-electron chi connectivity index (χ1n) is 7.60. The first-order valence-corrected chi connectivity index (χ1v) is 8.48. The second kappa shape index (κ2) is 6.45. The standard InChI is InChI=1S/C16H22N4S/c1-3-5-15(17-4-2)13-6-7-19(10-13)11-14-12-20-8-9-21-16(20)18-14/h6-10,12,15,17H,3-5,11H2,1-2H3. The summed E-state index contributed by atoms with van der Waals surface area (Å²) in [6, 6.07) is 2.69. The minimum atomic E-state index is 0.465. The van der Waals surface area contributed by atoms with Gasteiger partial charge in [0.15, 0.2) is 4.96 Å².